The fraction of sp³-hybridized carbons (Fsp3) is 0.462. The molecule has 7 heteroatoms. The molecule has 2 rings (SSSR count). The third kappa shape index (κ3) is 4.47. The summed E-state index contributed by atoms with van der Waals surface area (Å²) in [5.41, 5.74) is 0.916. The predicted molar refractivity (Wildman–Crippen MR) is 77.8 cm³/mol. The maximum Gasteiger partial charge on any atom is 0.269 e. The summed E-state index contributed by atoms with van der Waals surface area (Å²) in [6.07, 6.45) is 3.06. The molecule has 110 valence electrons. The summed E-state index contributed by atoms with van der Waals surface area (Å²) in [4.78, 5) is 21.9. The molecule has 0 saturated carbocycles. The molecule has 0 unspecified atom stereocenters. The molecule has 1 aromatic rings. The Morgan fingerprint density at radius 2 is 2.05 bits per heavy atom. The predicted octanol–water partition coefficient (Wildman–Crippen LogP) is 1.77. The third-order valence-electron chi connectivity index (χ3n) is 3.24. The zero-order valence-corrected chi connectivity index (χ0v) is 11.8. The highest BCUT2D eigenvalue weighted by atomic mass is 35.5. The lowest BCUT2D eigenvalue weighted by Crippen LogP contribution is -2.46. The largest absolute Gasteiger partial charge is 0.351 e. The van der Waals surface area contributed by atoms with E-state index in [-0.39, 0.29) is 30.0 Å². The first-order valence-corrected chi connectivity index (χ1v) is 6.41. The van der Waals surface area contributed by atoms with Gasteiger partial charge in [0.25, 0.3) is 5.69 Å². The molecule has 1 fully saturated rings. The molecule has 1 heterocycles. The molecule has 0 aliphatic carbocycles. The molecular weight excluding hydrogens is 282 g/mol. The van der Waals surface area contributed by atoms with E-state index in [0.29, 0.717) is 6.54 Å². The molecule has 1 saturated heterocycles. The van der Waals surface area contributed by atoms with Crippen LogP contribution in [-0.2, 0) is 11.3 Å². The Bertz CT molecular complexity index is 458. The number of rotatable bonds is 4. The van der Waals surface area contributed by atoms with Crippen molar-refractivity contribution >= 4 is 24.0 Å². The minimum Gasteiger partial charge on any atom is -0.351 e. The molecule has 1 amide bonds. The smallest absolute Gasteiger partial charge is 0.269 e. The summed E-state index contributed by atoms with van der Waals surface area (Å²) >= 11 is 0. The number of halogens is 1. The highest BCUT2D eigenvalue weighted by molar-refractivity contribution is 5.85. The lowest BCUT2D eigenvalue weighted by Gasteiger charge is -2.22. The molecule has 1 aliphatic heterocycles. The first-order chi connectivity index (χ1) is 9.16. The number of nitro benzene ring substituents is 1. The Morgan fingerprint density at radius 3 is 2.60 bits per heavy atom. The topological polar surface area (TPSA) is 84.3 Å². The van der Waals surface area contributed by atoms with E-state index in [9.17, 15) is 14.9 Å². The van der Waals surface area contributed by atoms with Gasteiger partial charge in [-0.15, -0.1) is 12.4 Å². The number of carbonyl (C=O) groups is 1. The monoisotopic (exact) mass is 299 g/mol. The number of piperidine rings is 1. The number of amides is 1. The molecule has 1 aromatic carbocycles. The first-order valence-electron chi connectivity index (χ1n) is 6.41. The maximum atomic E-state index is 11.9. The molecule has 1 atom stereocenters. The van der Waals surface area contributed by atoms with Crippen molar-refractivity contribution in [2.45, 2.75) is 31.8 Å². The Balaban J connectivity index is 0.00000200. The zero-order chi connectivity index (χ0) is 13.7. The van der Waals surface area contributed by atoms with Crippen molar-refractivity contribution in [3.63, 3.8) is 0 Å². The molecule has 20 heavy (non-hydrogen) atoms. The summed E-state index contributed by atoms with van der Waals surface area (Å²) in [5, 5.41) is 16.5. The maximum absolute atomic E-state index is 11.9. The summed E-state index contributed by atoms with van der Waals surface area (Å²) in [5.74, 6) is -0.00180. The van der Waals surface area contributed by atoms with E-state index >= 15 is 0 Å². The first kappa shape index (κ1) is 16.4. The zero-order valence-electron chi connectivity index (χ0n) is 11.0. The van der Waals surface area contributed by atoms with Gasteiger partial charge in [0.05, 0.1) is 11.0 Å². The van der Waals surface area contributed by atoms with E-state index in [0.717, 1.165) is 31.4 Å². The molecule has 0 spiro atoms. The molecular formula is C13H18ClN3O3. The van der Waals surface area contributed by atoms with E-state index in [2.05, 4.69) is 10.6 Å². The molecule has 6 nitrogen and oxygen atoms in total. The van der Waals surface area contributed by atoms with E-state index < -0.39 is 4.92 Å². The molecule has 1 aliphatic rings. The van der Waals surface area contributed by atoms with Gasteiger partial charge >= 0.3 is 0 Å². The lowest BCUT2D eigenvalue weighted by atomic mass is 10.0. The van der Waals surface area contributed by atoms with E-state index in [1.165, 1.54) is 12.1 Å². The van der Waals surface area contributed by atoms with Crippen LogP contribution in [0.4, 0.5) is 5.69 Å². The number of nitrogens with zero attached hydrogens (tertiary/aromatic N) is 1. The number of nitrogens with one attached hydrogen (secondary N) is 2. The van der Waals surface area contributed by atoms with Crippen LogP contribution >= 0.6 is 12.4 Å². The molecule has 0 radical (unpaired) electrons. The second-order valence-corrected chi connectivity index (χ2v) is 4.64. The van der Waals surface area contributed by atoms with Crippen LogP contribution in [0, 0.1) is 10.1 Å². The molecule has 0 aromatic heterocycles. The summed E-state index contributed by atoms with van der Waals surface area (Å²) < 4.78 is 0. The van der Waals surface area contributed by atoms with Gasteiger partial charge in [0.1, 0.15) is 0 Å². The van der Waals surface area contributed by atoms with E-state index in [1.807, 2.05) is 0 Å². The van der Waals surface area contributed by atoms with Gasteiger partial charge < -0.3 is 10.6 Å². The normalized spacial score (nSPS) is 17.9. The number of benzene rings is 1. The Labute approximate surface area is 123 Å². The van der Waals surface area contributed by atoms with Crippen LogP contribution in [0.1, 0.15) is 24.8 Å². The fourth-order valence-electron chi connectivity index (χ4n) is 2.12. The van der Waals surface area contributed by atoms with Crippen LogP contribution in [0.25, 0.3) is 0 Å². The molecule has 0 bridgehead atoms. The lowest BCUT2D eigenvalue weighted by molar-refractivity contribution is -0.384. The second-order valence-electron chi connectivity index (χ2n) is 4.64. The van der Waals surface area contributed by atoms with Gasteiger partial charge in [-0.1, -0.05) is 18.6 Å². The van der Waals surface area contributed by atoms with Crippen LogP contribution < -0.4 is 10.6 Å². The van der Waals surface area contributed by atoms with Crippen LogP contribution in [0.15, 0.2) is 24.3 Å². The van der Waals surface area contributed by atoms with Crippen molar-refractivity contribution in [3.8, 4) is 0 Å². The van der Waals surface area contributed by atoms with Crippen molar-refractivity contribution in [1.82, 2.24) is 10.6 Å². The Kier molecular flexibility index (Phi) is 6.41. The summed E-state index contributed by atoms with van der Waals surface area (Å²) in [7, 11) is 0. The Morgan fingerprint density at radius 1 is 1.35 bits per heavy atom. The second kappa shape index (κ2) is 7.81. The minimum absolute atomic E-state index is 0. The minimum atomic E-state index is -0.436. The van der Waals surface area contributed by atoms with Crippen molar-refractivity contribution in [1.29, 1.82) is 0 Å². The number of hydrogen-bond donors (Lipinski definition) is 2. The van der Waals surface area contributed by atoms with Crippen LogP contribution in [0.3, 0.4) is 0 Å². The average molecular weight is 300 g/mol. The average Bonchev–Trinajstić information content (AvgIpc) is 2.46. The van der Waals surface area contributed by atoms with Gasteiger partial charge in [-0.2, -0.15) is 0 Å². The van der Waals surface area contributed by atoms with Crippen molar-refractivity contribution in [2.24, 2.45) is 0 Å². The number of non-ortho nitro benzene ring substituents is 1. The number of carbonyl (C=O) groups excluding carboxylic acids is 1. The highest BCUT2D eigenvalue weighted by Crippen LogP contribution is 2.12. The highest BCUT2D eigenvalue weighted by Gasteiger charge is 2.19. The van der Waals surface area contributed by atoms with Gasteiger partial charge in [-0.3, -0.25) is 14.9 Å². The van der Waals surface area contributed by atoms with Crippen molar-refractivity contribution in [2.75, 3.05) is 6.54 Å². The quantitative estimate of drug-likeness (QED) is 0.655. The number of hydrogen-bond acceptors (Lipinski definition) is 4. The fourth-order valence-corrected chi connectivity index (χ4v) is 2.12. The van der Waals surface area contributed by atoms with Crippen molar-refractivity contribution in [3.05, 3.63) is 39.9 Å². The van der Waals surface area contributed by atoms with Gasteiger partial charge in [-0.25, -0.2) is 0 Å². The standard InChI is InChI=1S/C13H17N3O3.ClH/c17-13(12-3-1-2-8-14-12)15-9-10-4-6-11(7-5-10)16(18)19;/h4-7,12,14H,1-3,8-9H2,(H,15,17);1H/t12-;/m1./s1. The summed E-state index contributed by atoms with van der Waals surface area (Å²) in [6.45, 7) is 1.28. The van der Waals surface area contributed by atoms with Crippen LogP contribution in [0.5, 0.6) is 0 Å². The van der Waals surface area contributed by atoms with Gasteiger partial charge in [0.15, 0.2) is 0 Å². The third-order valence-corrected chi connectivity index (χ3v) is 3.24. The SMILES string of the molecule is Cl.O=C(NCc1ccc([N+](=O)[O-])cc1)[C@H]1CCCCN1. The van der Waals surface area contributed by atoms with Crippen LogP contribution in [0.2, 0.25) is 0 Å². The number of nitro groups is 1. The van der Waals surface area contributed by atoms with E-state index in [1.54, 1.807) is 12.1 Å². The van der Waals surface area contributed by atoms with Gasteiger partial charge in [0.2, 0.25) is 5.91 Å². The van der Waals surface area contributed by atoms with E-state index in [4.69, 9.17) is 0 Å². The van der Waals surface area contributed by atoms with Crippen LogP contribution in [-0.4, -0.2) is 23.4 Å². The molecule has 2 N–H and O–H groups in total. The van der Waals surface area contributed by atoms with Gasteiger partial charge in [0, 0.05) is 18.7 Å². The van der Waals surface area contributed by atoms with Crippen molar-refractivity contribution < 1.29 is 9.72 Å². The summed E-state index contributed by atoms with van der Waals surface area (Å²) in [6, 6.07) is 6.10. The Hall–Kier alpha value is -1.66. The van der Waals surface area contributed by atoms with Gasteiger partial charge in [-0.05, 0) is 24.9 Å².